The Labute approximate surface area is 909 Å². The van der Waals surface area contributed by atoms with Crippen LogP contribution in [-0.4, -0.2) is 151 Å². The largest absolute Gasteiger partial charge is 0.639 e. The van der Waals surface area contributed by atoms with Crippen molar-refractivity contribution >= 4 is 142 Å². The molecule has 766 valence electrons. The molecule has 0 amide bonds. The number of esters is 1. The van der Waals surface area contributed by atoms with Crippen LogP contribution in [-0.2, 0) is 31.8 Å². The van der Waals surface area contributed by atoms with Crippen LogP contribution in [0.1, 0.15) is 91.1 Å². The summed E-state index contributed by atoms with van der Waals surface area (Å²) < 4.78 is 75.1. The molecular weight excluding hydrogens is 2160 g/mol. The van der Waals surface area contributed by atoms with Gasteiger partial charge >= 0.3 is 40.6 Å². The summed E-state index contributed by atoms with van der Waals surface area (Å²) in [7, 11) is 3.94. The van der Waals surface area contributed by atoms with Gasteiger partial charge in [0.05, 0.1) is 33.9 Å². The first-order valence-electron chi connectivity index (χ1n) is 45.2. The number of nitrogens with zero attached hydrogens (tertiary/aromatic N) is 8. The molecule has 2 radical (unpaired) electrons. The molecular formula is C108H98B3Br2Cl6N9O21. The average Bonchev–Trinajstić information content (AvgIpc) is 1.60. The van der Waals surface area contributed by atoms with Crippen LogP contribution in [0.25, 0.3) is 33.8 Å². The van der Waals surface area contributed by atoms with Crippen molar-refractivity contribution in [2.24, 2.45) is 0 Å². The number of aromatic carboxylic acids is 2. The number of carboxylic acids is 2. The first-order valence-corrected chi connectivity index (χ1v) is 49.1. The lowest BCUT2D eigenvalue weighted by atomic mass is 10.1. The molecule has 0 saturated heterocycles. The van der Waals surface area contributed by atoms with E-state index in [1.54, 1.807) is 261 Å². The molecule has 41 heteroatoms. The minimum Gasteiger partial charge on any atom is -0.537 e. The van der Waals surface area contributed by atoms with E-state index < -0.39 is 25.2 Å². The number of phenols is 1. The number of aromatic nitrogens is 9. The number of aromatic hydroxyl groups is 1. The fourth-order valence-electron chi connectivity index (χ4n) is 12.5. The van der Waals surface area contributed by atoms with Crippen LogP contribution in [0, 0.1) is 0 Å². The molecule has 0 aliphatic heterocycles. The zero-order valence-electron chi connectivity index (χ0n) is 81.3. The number of halogens is 8. The van der Waals surface area contributed by atoms with Gasteiger partial charge in [0.15, 0.2) is 17.1 Å². The molecule has 0 saturated carbocycles. The molecule has 0 fully saturated rings. The lowest BCUT2D eigenvalue weighted by Gasteiger charge is -2.20. The van der Waals surface area contributed by atoms with Crippen molar-refractivity contribution in [3.8, 4) is 120 Å². The van der Waals surface area contributed by atoms with Gasteiger partial charge in [0.25, 0.3) is 0 Å². The predicted molar refractivity (Wildman–Crippen MR) is 584 cm³/mol. The van der Waals surface area contributed by atoms with Gasteiger partial charge in [-0.25, -0.2) is 23.7 Å². The maximum absolute atomic E-state index is 12.5. The maximum Gasteiger partial charge on any atom is 0.639 e. The van der Waals surface area contributed by atoms with Crippen molar-refractivity contribution in [2.75, 3.05) is 20.8 Å². The molecule has 17 rings (SSSR count). The van der Waals surface area contributed by atoms with Crippen molar-refractivity contribution in [3.05, 3.63) is 407 Å². The van der Waals surface area contributed by atoms with Gasteiger partial charge in [-0.05, 0) is 375 Å². The Morgan fingerprint density at radius 2 is 0.604 bits per heavy atom. The molecule has 0 spiro atoms. The first-order chi connectivity index (χ1) is 71.8. The summed E-state index contributed by atoms with van der Waals surface area (Å²) in [6, 6.07) is 100. The Morgan fingerprint density at radius 3 is 0.886 bits per heavy atom. The fraction of sp³-hybridized carbons (Fsp3) is 0.139. The van der Waals surface area contributed by atoms with Gasteiger partial charge in [0.2, 0.25) is 0 Å². The van der Waals surface area contributed by atoms with Crippen LogP contribution in [0.2, 0.25) is 30.1 Å². The molecule has 3 aromatic heterocycles. The summed E-state index contributed by atoms with van der Waals surface area (Å²) in [6.45, 7) is 14.5. The van der Waals surface area contributed by atoms with Crippen LogP contribution in [0.3, 0.4) is 0 Å². The number of carboxylic acid groups (broad SMARTS) is 2. The third-order valence-electron chi connectivity index (χ3n) is 19.3. The van der Waals surface area contributed by atoms with Gasteiger partial charge in [-0.2, -0.15) is 10.3 Å². The predicted octanol–water partition coefficient (Wildman–Crippen LogP) is 28.0. The Balaban J connectivity index is 0.000000181. The normalized spacial score (nSPS) is 10.3. The van der Waals surface area contributed by atoms with E-state index in [-0.39, 0.29) is 47.7 Å². The second kappa shape index (κ2) is 61.4. The fourth-order valence-corrected chi connectivity index (χ4v) is 13.7. The number of carbonyl (C=O) groups excluding carboxylic acids is 1. The molecule has 0 unspecified atom stereocenters. The van der Waals surface area contributed by atoms with E-state index in [9.17, 15) is 19.5 Å². The maximum atomic E-state index is 12.5. The molecule has 0 atom stereocenters. The molecule has 149 heavy (non-hydrogen) atoms. The number of benzene rings is 14. The smallest absolute Gasteiger partial charge is 0.537 e. The van der Waals surface area contributed by atoms with E-state index in [0.29, 0.717) is 144 Å². The minimum absolute atomic E-state index is 0.111. The molecule has 0 bridgehead atoms. The topological polar surface area (TPSA) is 375 Å². The summed E-state index contributed by atoms with van der Waals surface area (Å²) in [4.78, 5) is 35.3. The van der Waals surface area contributed by atoms with Crippen molar-refractivity contribution in [2.45, 2.75) is 79.9 Å². The number of rotatable bonds is 33. The van der Waals surface area contributed by atoms with Crippen LogP contribution in [0.15, 0.2) is 349 Å². The first kappa shape index (κ1) is 117. The van der Waals surface area contributed by atoms with E-state index in [2.05, 4.69) is 72.5 Å². The second-order valence-electron chi connectivity index (χ2n) is 31.4. The lowest BCUT2D eigenvalue weighted by Crippen LogP contribution is -2.34. The van der Waals surface area contributed by atoms with Crippen LogP contribution in [0.4, 0.5) is 0 Å². The monoisotopic (exact) mass is 2260 g/mol. The molecule has 14 aromatic carbocycles. The lowest BCUT2D eigenvalue weighted by molar-refractivity contribution is 0.0333. The number of hydrogen-bond acceptors (Lipinski definition) is 25. The van der Waals surface area contributed by atoms with E-state index in [4.69, 9.17) is 146 Å². The molecule has 0 aliphatic rings. The summed E-state index contributed by atoms with van der Waals surface area (Å²) >= 11 is 41.4. The van der Waals surface area contributed by atoms with Gasteiger partial charge in [0.1, 0.15) is 103 Å². The third-order valence-corrected chi connectivity index (χ3v) is 21.9. The zero-order valence-corrected chi connectivity index (χ0v) is 89.0. The highest BCUT2D eigenvalue weighted by atomic mass is 79.9. The molecule has 30 nitrogen and oxygen atoms in total. The van der Waals surface area contributed by atoms with Gasteiger partial charge in [-0.15, -0.1) is 15.3 Å². The summed E-state index contributed by atoms with van der Waals surface area (Å²) in [5.41, 5.74) is 5.19. The van der Waals surface area contributed by atoms with Crippen molar-refractivity contribution in [1.29, 1.82) is 0 Å². The van der Waals surface area contributed by atoms with Crippen molar-refractivity contribution in [1.82, 2.24) is 45.4 Å². The molecule has 6 N–H and O–H groups in total. The van der Waals surface area contributed by atoms with Gasteiger partial charge in [-0.3, -0.25) is 0 Å². The number of aromatic amines is 1. The number of nitrogens with one attached hydrogen (secondary N) is 1. The molecule has 0 aliphatic carbocycles. The van der Waals surface area contributed by atoms with Crippen molar-refractivity contribution in [3.63, 3.8) is 0 Å². The van der Waals surface area contributed by atoms with Gasteiger partial charge in [0, 0.05) is 74.1 Å². The molecule has 3 heterocycles. The highest BCUT2D eigenvalue weighted by Gasteiger charge is 2.27. The van der Waals surface area contributed by atoms with E-state index in [1.807, 2.05) is 151 Å². The Bertz CT molecular complexity index is 6820. The number of phenolic OH excluding ortho intramolecular Hbond substituents is 1. The number of hydrogen-bond donors (Lipinski definition) is 6. The van der Waals surface area contributed by atoms with Gasteiger partial charge in [-0.1, -0.05) is 136 Å². The number of methoxy groups -OCH3 is 2. The minimum atomic E-state index is -1.14. The number of H-pyrrole nitrogens is 1. The van der Waals surface area contributed by atoms with Crippen LogP contribution < -0.4 is 42.5 Å². The van der Waals surface area contributed by atoms with Gasteiger partial charge < -0.3 is 86.5 Å². The van der Waals surface area contributed by atoms with Crippen molar-refractivity contribution < 1.29 is 101 Å². The third kappa shape index (κ3) is 40.6. The SMILES string of the molecule is CC(C)OB(OC(C)C)OC(C)C.CCOC(=O)c1nnn(Cc2ccc(OC)cc2)c1-c1ccc(Oc2ccc(Cl)cc2)cc1.COc1ccc(Cn2nnc(C(=O)O)c2-c2ccc(Oc3ccc(Cl)cc3)cc2)cc1.Clc1ccc(Oc2ccc(Br)cc2)cc1.O=C(O)c1n[nH]nc1-c1ccc(Oc2ccc(Cl)cc2)cc1.O[B]Oc1ccc(Cl)cc1.O[B]Oc1ccc(Oc2ccc(Cl)cc2)cc1.Oc1ccc(Br)cc1. The highest BCUT2D eigenvalue weighted by Crippen LogP contribution is 2.36. The summed E-state index contributed by atoms with van der Waals surface area (Å²) in [6.07, 6.45) is 0.340. The van der Waals surface area contributed by atoms with Crippen LogP contribution >= 0.6 is 101 Å². The van der Waals surface area contributed by atoms with Crippen LogP contribution in [0.5, 0.6) is 86.2 Å². The molecule has 17 aromatic rings. The van der Waals surface area contributed by atoms with E-state index in [0.717, 1.165) is 48.6 Å². The zero-order chi connectivity index (χ0) is 107. The summed E-state index contributed by atoms with van der Waals surface area (Å²) in [5.74, 6) is 6.93. The Morgan fingerprint density at radius 1 is 0.349 bits per heavy atom. The van der Waals surface area contributed by atoms with E-state index in [1.165, 1.54) is 0 Å². The quantitative estimate of drug-likeness (QED) is 0.0164. The Kier molecular flexibility index (Phi) is 48.0. The number of carbonyl (C=O) groups is 3. The van der Waals surface area contributed by atoms with E-state index >= 15 is 0 Å². The Hall–Kier alpha value is -14.4. The summed E-state index contributed by atoms with van der Waals surface area (Å²) in [5, 5.41) is 74.0. The average molecular weight is 2260 g/mol. The number of ether oxygens (including phenoxy) is 8. The standard InChI is InChI=1S/C25H22ClN3O4.C23H18ClN3O4.C15H10ClN3O3.C12H9BClO3.C12H8BrClO.C9H21BO3.C6H5BClO2.C6H5BrO/c1-3-32-25(30)23-24(29(28-27-23)16-17-4-10-20(31-2)11-5-17)18-6-12-21(13-7-18)33-22-14-8-19(26)9-15-22;1-30-18-8-2-15(3-9-18)14-27-22(21(23(28)29)25-26-27)16-4-10-19(11-5-16)31-20-12-6-17(24)7-13-20;16-10-3-7-12(8-4-10)22-11-5-1-9(2-6-11)13-14(15(20)21)18-19-17-13;14-9-1-3-10(4-2-9)16-11-5-7-12(8-6-11)17-13-15;13-9-1-5-11(6-2-9)15-12-7-3-10(14)4-8-12;1-7(2)11-10(12-8(3)4)13-9(5)6;8-5-1-3-6(4-2-5)10-7-9;7-5-1-3-6(8)4-2-5/h4-15H,3,16H2,1-2H3;2-13H,14H2,1H3,(H,28,29);1-8H,(H,20,21)(H,17,18,19);1-8,15H;1-8H;7-9H,1-6H3;1-4,9H;1-4,8H. The second-order valence-corrected chi connectivity index (χ2v) is 35.9. The highest BCUT2D eigenvalue weighted by molar-refractivity contribution is 9.10.